The summed E-state index contributed by atoms with van der Waals surface area (Å²) in [5, 5.41) is 8.96. The third kappa shape index (κ3) is 4.53. The van der Waals surface area contributed by atoms with Gasteiger partial charge in [-0.2, -0.15) is 4.89 Å². The van der Waals surface area contributed by atoms with E-state index in [0.29, 0.717) is 12.4 Å². The summed E-state index contributed by atoms with van der Waals surface area (Å²) >= 11 is 0. The van der Waals surface area contributed by atoms with Crippen molar-refractivity contribution in [2.24, 2.45) is 0 Å². The quantitative estimate of drug-likeness (QED) is 0.324. The predicted octanol–water partition coefficient (Wildman–Crippen LogP) is 4.96. The zero-order chi connectivity index (χ0) is 16.7. The molecular weight excluding hydrogens is 292 g/mol. The minimum absolute atomic E-state index is 0.333. The van der Waals surface area contributed by atoms with Crippen molar-refractivity contribution in [2.45, 2.75) is 13.0 Å². The lowest BCUT2D eigenvalue weighted by molar-refractivity contribution is -0.271. The molecule has 4 nitrogen and oxygen atoms in total. The van der Waals surface area contributed by atoms with Crippen LogP contribution >= 0.6 is 0 Å². The first kappa shape index (κ1) is 17.0. The van der Waals surface area contributed by atoms with Crippen molar-refractivity contribution in [3.05, 3.63) is 78.9 Å². The van der Waals surface area contributed by atoms with Crippen LogP contribution in [0, 0.1) is 0 Å². The Kier molecular flexibility index (Phi) is 6.11. The lowest BCUT2D eigenvalue weighted by Crippen LogP contribution is -2.02. The minimum Gasteiger partial charge on any atom is -0.337 e. The van der Waals surface area contributed by atoms with Gasteiger partial charge in [-0.15, -0.1) is 6.58 Å². The summed E-state index contributed by atoms with van der Waals surface area (Å²) in [6, 6.07) is 15.3. The van der Waals surface area contributed by atoms with E-state index in [0.717, 1.165) is 22.3 Å². The summed E-state index contributed by atoms with van der Waals surface area (Å²) in [4.78, 5) is 14.5. The summed E-state index contributed by atoms with van der Waals surface area (Å²) in [5.74, 6) is 0.628. The van der Waals surface area contributed by atoms with Crippen LogP contribution in [0.25, 0.3) is 11.1 Å². The average Bonchev–Trinajstić information content (AvgIpc) is 2.57. The molecule has 2 aromatic rings. The van der Waals surface area contributed by atoms with Gasteiger partial charge in [0, 0.05) is 0 Å². The van der Waals surface area contributed by atoms with Crippen LogP contribution in [-0.2, 0) is 9.78 Å². The van der Waals surface area contributed by atoms with Gasteiger partial charge in [-0.3, -0.25) is 5.26 Å². The Morgan fingerprint density at radius 1 is 1.09 bits per heavy atom. The number of benzene rings is 2. The largest absolute Gasteiger partial charge is 0.337 e. The molecule has 0 aromatic heterocycles. The number of rotatable bonds is 8. The van der Waals surface area contributed by atoms with Gasteiger partial charge in [0.1, 0.15) is 12.7 Å². The first-order valence-corrected chi connectivity index (χ1v) is 7.22. The molecule has 0 saturated carbocycles. The van der Waals surface area contributed by atoms with Crippen LogP contribution in [0.15, 0.2) is 73.3 Å². The third-order valence-corrected chi connectivity index (χ3v) is 3.30. The second-order valence-corrected chi connectivity index (χ2v) is 5.13. The number of hydrogen-bond donors (Lipinski definition) is 1. The van der Waals surface area contributed by atoms with Crippen molar-refractivity contribution < 1.29 is 19.9 Å². The fourth-order valence-electron chi connectivity index (χ4n) is 2.14. The molecule has 1 unspecified atom stereocenters. The monoisotopic (exact) mass is 312 g/mol. The van der Waals surface area contributed by atoms with Gasteiger partial charge in [0.15, 0.2) is 5.75 Å². The van der Waals surface area contributed by atoms with Crippen LogP contribution in [0.3, 0.4) is 0 Å². The van der Waals surface area contributed by atoms with E-state index in [1.807, 2.05) is 55.5 Å². The van der Waals surface area contributed by atoms with Crippen LogP contribution in [0.5, 0.6) is 5.75 Å². The van der Waals surface area contributed by atoms with E-state index in [9.17, 15) is 0 Å². The fraction of sp³-hybridized carbons (Fsp3) is 0.158. The van der Waals surface area contributed by atoms with Crippen LogP contribution in [0.4, 0.5) is 0 Å². The summed E-state index contributed by atoms with van der Waals surface area (Å²) in [5.41, 5.74) is 3.68. The van der Waals surface area contributed by atoms with Crippen molar-refractivity contribution >= 4 is 0 Å². The molecule has 1 atom stereocenters. The molecule has 2 aromatic carbocycles. The molecule has 4 heteroatoms. The lowest BCUT2D eigenvalue weighted by Gasteiger charge is -2.14. The Bertz CT molecular complexity index is 644. The van der Waals surface area contributed by atoms with Crippen LogP contribution in [-0.4, -0.2) is 11.9 Å². The van der Waals surface area contributed by atoms with Crippen molar-refractivity contribution in [3.8, 4) is 16.9 Å². The Labute approximate surface area is 136 Å². The second kappa shape index (κ2) is 8.29. The maximum absolute atomic E-state index is 8.96. The van der Waals surface area contributed by atoms with Crippen LogP contribution in [0.2, 0.25) is 0 Å². The van der Waals surface area contributed by atoms with E-state index < -0.39 is 6.10 Å². The molecule has 0 heterocycles. The van der Waals surface area contributed by atoms with Crippen molar-refractivity contribution in [2.75, 3.05) is 6.61 Å². The molecule has 0 aliphatic rings. The van der Waals surface area contributed by atoms with Gasteiger partial charge in [-0.05, 0) is 41.3 Å². The maximum Gasteiger partial charge on any atom is 0.165 e. The van der Waals surface area contributed by atoms with Gasteiger partial charge in [-0.25, -0.2) is 4.89 Å². The molecule has 1 N–H and O–H groups in total. The molecule has 0 aliphatic carbocycles. The minimum atomic E-state index is -0.512. The van der Waals surface area contributed by atoms with E-state index in [-0.39, 0.29) is 0 Å². The highest BCUT2D eigenvalue weighted by atomic mass is 17.2. The zero-order valence-corrected chi connectivity index (χ0v) is 13.1. The van der Waals surface area contributed by atoms with Gasteiger partial charge in [-0.1, -0.05) is 49.1 Å². The Hall–Kier alpha value is -2.40. The summed E-state index contributed by atoms with van der Waals surface area (Å²) < 4.78 is 0. The van der Waals surface area contributed by atoms with Gasteiger partial charge >= 0.3 is 0 Å². The normalized spacial score (nSPS) is 11.7. The standard InChI is InChI=1S/C19H20O4/c1-4-13-21-23-18-11-9-16(10-12-18)15-5-7-17(8-6-15)19(22-20)14(2)3/h4-12,19-20H,1-2,13H2,3H3. The SMILES string of the molecule is C=CCOOc1ccc(-c2ccc(C(OO)C(=C)C)cc2)cc1. The first-order valence-electron chi connectivity index (χ1n) is 7.22. The van der Waals surface area contributed by atoms with Crippen LogP contribution < -0.4 is 4.89 Å². The summed E-state index contributed by atoms with van der Waals surface area (Å²) in [6.07, 6.45) is 1.10. The highest BCUT2D eigenvalue weighted by Crippen LogP contribution is 2.27. The topological polar surface area (TPSA) is 47.9 Å². The van der Waals surface area contributed by atoms with Gasteiger partial charge in [0.25, 0.3) is 0 Å². The number of hydrogen-bond acceptors (Lipinski definition) is 4. The van der Waals surface area contributed by atoms with E-state index in [1.54, 1.807) is 6.08 Å². The average molecular weight is 312 g/mol. The first-order chi connectivity index (χ1) is 11.2. The highest BCUT2D eigenvalue weighted by Gasteiger charge is 2.12. The lowest BCUT2D eigenvalue weighted by atomic mass is 9.99. The smallest absolute Gasteiger partial charge is 0.165 e. The molecule has 120 valence electrons. The summed E-state index contributed by atoms with van der Waals surface area (Å²) in [7, 11) is 0. The van der Waals surface area contributed by atoms with Crippen LogP contribution in [0.1, 0.15) is 18.6 Å². The van der Waals surface area contributed by atoms with Crippen molar-refractivity contribution in [1.82, 2.24) is 0 Å². The maximum atomic E-state index is 8.96. The summed E-state index contributed by atoms with van der Waals surface area (Å²) in [6.45, 7) is 9.49. The van der Waals surface area contributed by atoms with E-state index in [1.165, 1.54) is 0 Å². The molecular formula is C19H20O4. The Morgan fingerprint density at radius 3 is 2.13 bits per heavy atom. The molecule has 0 bridgehead atoms. The van der Waals surface area contributed by atoms with Gasteiger partial charge in [0.05, 0.1) is 0 Å². The van der Waals surface area contributed by atoms with Crippen molar-refractivity contribution in [1.29, 1.82) is 0 Å². The molecule has 0 spiro atoms. The Balaban J connectivity index is 2.10. The van der Waals surface area contributed by atoms with E-state index in [4.69, 9.17) is 15.0 Å². The molecule has 0 saturated heterocycles. The van der Waals surface area contributed by atoms with Crippen molar-refractivity contribution in [3.63, 3.8) is 0 Å². The van der Waals surface area contributed by atoms with Gasteiger partial charge < -0.3 is 4.89 Å². The second-order valence-electron chi connectivity index (χ2n) is 5.13. The molecule has 0 amide bonds. The van der Waals surface area contributed by atoms with E-state index >= 15 is 0 Å². The van der Waals surface area contributed by atoms with Gasteiger partial charge in [0.2, 0.25) is 0 Å². The molecule has 23 heavy (non-hydrogen) atoms. The molecule has 0 radical (unpaired) electrons. The molecule has 2 rings (SSSR count). The predicted molar refractivity (Wildman–Crippen MR) is 89.9 cm³/mol. The van der Waals surface area contributed by atoms with E-state index in [2.05, 4.69) is 18.0 Å². The Morgan fingerprint density at radius 2 is 1.65 bits per heavy atom. The highest BCUT2D eigenvalue weighted by molar-refractivity contribution is 5.64. The molecule has 0 fully saturated rings. The molecule has 0 aliphatic heterocycles. The zero-order valence-electron chi connectivity index (χ0n) is 13.1. The fourth-order valence-corrected chi connectivity index (χ4v) is 2.14. The third-order valence-electron chi connectivity index (χ3n) is 3.30.